The first-order chi connectivity index (χ1) is 31.5. The molecule has 0 saturated carbocycles. The van der Waals surface area contributed by atoms with Gasteiger partial charge >= 0.3 is 5.97 Å². The number of hydrogen-bond donors (Lipinski definition) is 1. The van der Waals surface area contributed by atoms with E-state index in [1.165, 1.54) is 55.1 Å². The molecule has 3 aliphatic heterocycles. The van der Waals surface area contributed by atoms with Crippen LogP contribution < -0.4 is 14.2 Å². The third kappa shape index (κ3) is 9.65. The Hall–Kier alpha value is -6.10. The lowest BCUT2D eigenvalue weighted by Gasteiger charge is -2.34. The zero-order valence-electron chi connectivity index (χ0n) is 36.1. The monoisotopic (exact) mass is 917 g/mol. The number of likely N-dealkylation sites (N-methyl/N-ethyl adjacent to an activating group) is 1. The number of aliphatic carboxylic acids is 1. The number of rotatable bonds is 10. The predicted octanol–water partition coefficient (Wildman–Crippen LogP) is 8.95. The molecule has 4 bridgehead atoms. The first kappa shape index (κ1) is 44.1. The molecule has 65 heavy (non-hydrogen) atoms. The van der Waals surface area contributed by atoms with Crippen molar-refractivity contribution in [2.24, 2.45) is 0 Å². The molecule has 6 heterocycles. The van der Waals surface area contributed by atoms with Crippen molar-refractivity contribution < 1.29 is 32.9 Å². The van der Waals surface area contributed by atoms with Gasteiger partial charge in [-0.3, -0.25) is 9.80 Å². The first-order valence-electron chi connectivity index (χ1n) is 21.3. The van der Waals surface area contributed by atoms with Crippen LogP contribution in [0.1, 0.15) is 27.9 Å². The normalized spacial score (nSPS) is 16.1. The minimum atomic E-state index is -1.41. The summed E-state index contributed by atoms with van der Waals surface area (Å²) >= 11 is 8.75. The molecule has 0 unspecified atom stereocenters. The Morgan fingerprint density at radius 2 is 1.65 bits per heavy atom. The number of benzene rings is 4. The van der Waals surface area contributed by atoms with Gasteiger partial charge in [0.25, 0.3) is 0 Å². The van der Waals surface area contributed by atoms with Crippen LogP contribution in [0.25, 0.3) is 43.2 Å². The fourth-order valence-corrected chi connectivity index (χ4v) is 9.79. The Kier molecular flexibility index (Phi) is 13.0. The fraction of sp³-hybridized carbons (Fsp3) is 0.286. The molecule has 12 nitrogen and oxygen atoms in total. The van der Waals surface area contributed by atoms with Gasteiger partial charge in [-0.15, -0.1) is 11.3 Å². The van der Waals surface area contributed by atoms with Gasteiger partial charge in [0, 0.05) is 80.4 Å². The number of hydrogen-bond acceptors (Lipinski definition) is 12. The molecule has 334 valence electrons. The summed E-state index contributed by atoms with van der Waals surface area (Å²) in [7, 11) is 3.64. The number of aromatic nitrogens is 4. The second kappa shape index (κ2) is 19.2. The van der Waals surface area contributed by atoms with Gasteiger partial charge in [-0.1, -0.05) is 48.0 Å². The van der Waals surface area contributed by atoms with E-state index in [1.807, 2.05) is 37.3 Å². The molecule has 1 fully saturated rings. The Bertz CT molecular complexity index is 2880. The number of halogens is 3. The van der Waals surface area contributed by atoms with Crippen LogP contribution in [0.2, 0.25) is 5.02 Å². The first-order valence-corrected chi connectivity index (χ1v) is 22.5. The Labute approximate surface area is 384 Å². The van der Waals surface area contributed by atoms with Gasteiger partial charge in [-0.25, -0.2) is 33.5 Å². The van der Waals surface area contributed by atoms with Crippen molar-refractivity contribution in [3.63, 3.8) is 0 Å². The van der Waals surface area contributed by atoms with Crippen LogP contribution in [0.5, 0.6) is 17.4 Å². The van der Waals surface area contributed by atoms with E-state index in [0.29, 0.717) is 62.2 Å². The van der Waals surface area contributed by atoms with E-state index in [0.717, 1.165) is 72.0 Å². The van der Waals surface area contributed by atoms with Crippen LogP contribution in [0.15, 0.2) is 91.4 Å². The lowest BCUT2D eigenvalue weighted by Crippen LogP contribution is -2.46. The van der Waals surface area contributed by atoms with Crippen LogP contribution in [0.4, 0.5) is 8.78 Å². The van der Waals surface area contributed by atoms with E-state index in [2.05, 4.69) is 41.7 Å². The third-order valence-electron chi connectivity index (χ3n) is 12.0. The van der Waals surface area contributed by atoms with Crippen molar-refractivity contribution in [3.05, 3.63) is 136 Å². The topological polar surface area (TPSA) is 126 Å². The summed E-state index contributed by atoms with van der Waals surface area (Å²) in [4.78, 5) is 40.0. The van der Waals surface area contributed by atoms with Gasteiger partial charge in [-0.05, 0) is 89.8 Å². The van der Waals surface area contributed by atoms with Crippen LogP contribution in [0.3, 0.4) is 0 Å². The van der Waals surface area contributed by atoms with Crippen molar-refractivity contribution in [1.82, 2.24) is 34.6 Å². The van der Waals surface area contributed by atoms with Crippen molar-refractivity contribution in [1.29, 1.82) is 0 Å². The summed E-state index contributed by atoms with van der Waals surface area (Å²) in [6.45, 7) is 8.65. The average molecular weight is 918 g/mol. The number of nitrogens with zero attached hydrogens (tertiary/aromatic N) is 7. The standard InChI is InChI=1S/C49H46ClF2N7O5S/c1-29-37-11-7-32(44(29)50)26-59(21-20-58-18-16-57(2)17-19-58)25-30-4-12-39(63-27-36-14-15-53-46(56-36)38-24-35(52)10-13-40(38)62-3)33(22-30)23-41(49(60)61)64-47-43-42(37)45(65-48(43)55-28-54-47)31-5-8-34(51)9-6-31/h4-15,22,24,28,41H,16-21,23,25-27H2,1-3H3,(H,60,61)/t41-/m1/s1. The minimum absolute atomic E-state index is 0.000346. The zero-order valence-corrected chi connectivity index (χ0v) is 37.6. The van der Waals surface area contributed by atoms with E-state index in [9.17, 15) is 18.7 Å². The van der Waals surface area contributed by atoms with Crippen LogP contribution in [-0.2, 0) is 30.9 Å². The molecule has 0 radical (unpaired) electrons. The molecular weight excluding hydrogens is 872 g/mol. The number of thiophene rings is 1. The summed E-state index contributed by atoms with van der Waals surface area (Å²) < 4.78 is 47.0. The molecule has 10 rings (SSSR count). The van der Waals surface area contributed by atoms with Crippen LogP contribution in [0, 0.1) is 18.6 Å². The highest BCUT2D eigenvalue weighted by Crippen LogP contribution is 2.49. The van der Waals surface area contributed by atoms with Crippen molar-refractivity contribution >= 4 is 39.1 Å². The molecule has 0 spiro atoms. The maximum atomic E-state index is 14.3. The number of ether oxygens (including phenoxy) is 3. The number of methoxy groups -OCH3 is 1. The van der Waals surface area contributed by atoms with Gasteiger partial charge in [0.15, 0.2) is 5.82 Å². The maximum absolute atomic E-state index is 14.3. The summed E-state index contributed by atoms with van der Waals surface area (Å²) in [6.07, 6.45) is 1.43. The molecule has 16 heteroatoms. The van der Waals surface area contributed by atoms with Gasteiger partial charge < -0.3 is 24.2 Å². The number of carbonyl (C=O) groups is 1. The fourth-order valence-electron chi connectivity index (χ4n) is 8.42. The highest BCUT2D eigenvalue weighted by atomic mass is 35.5. The molecule has 3 aromatic heterocycles. The minimum Gasteiger partial charge on any atom is -0.496 e. The van der Waals surface area contributed by atoms with E-state index >= 15 is 0 Å². The van der Waals surface area contributed by atoms with Gasteiger partial charge in [-0.2, -0.15) is 0 Å². The Balaban J connectivity index is 1.13. The number of fused-ring (bicyclic) bond motifs is 6. The highest BCUT2D eigenvalue weighted by molar-refractivity contribution is 7.22. The molecule has 7 aromatic rings. The summed E-state index contributed by atoms with van der Waals surface area (Å²) in [5, 5.41) is 12.0. The van der Waals surface area contributed by atoms with Crippen LogP contribution >= 0.6 is 22.9 Å². The van der Waals surface area contributed by atoms with E-state index in [4.69, 9.17) is 25.8 Å². The van der Waals surface area contributed by atoms with Crippen molar-refractivity contribution in [2.75, 3.05) is 53.4 Å². The second-order valence-corrected chi connectivity index (χ2v) is 17.7. The smallest absolute Gasteiger partial charge is 0.345 e. The SMILES string of the molecule is COc1ccc(F)cc1-c1nccc(COc2ccc3cc2C[C@H](C(=O)O)Oc2ncnc4sc(-c5ccc(F)cc5)c(c24)-c2ccc(c(Cl)c2C)CN(CCN2CCN(C)CC2)C3)n1. The lowest BCUT2D eigenvalue weighted by atomic mass is 9.94. The molecule has 0 amide bonds. The Morgan fingerprint density at radius 3 is 2.43 bits per heavy atom. The summed E-state index contributed by atoms with van der Waals surface area (Å²) in [6, 6.07) is 22.0. The quantitative estimate of drug-likeness (QED) is 0.141. The largest absolute Gasteiger partial charge is 0.496 e. The number of carboxylic acid groups (broad SMARTS) is 1. The van der Waals surface area contributed by atoms with Gasteiger partial charge in [0.05, 0.1) is 23.8 Å². The highest BCUT2D eigenvalue weighted by Gasteiger charge is 2.29. The average Bonchev–Trinajstić information content (AvgIpc) is 3.70. The van der Waals surface area contributed by atoms with E-state index < -0.39 is 17.9 Å². The molecule has 3 aliphatic rings. The predicted molar refractivity (Wildman–Crippen MR) is 247 cm³/mol. The molecule has 0 aliphatic carbocycles. The van der Waals surface area contributed by atoms with E-state index in [-0.39, 0.29) is 30.5 Å². The molecule has 4 aromatic carbocycles. The maximum Gasteiger partial charge on any atom is 0.345 e. The lowest BCUT2D eigenvalue weighted by molar-refractivity contribution is -0.145. The van der Waals surface area contributed by atoms with Crippen molar-refractivity contribution in [2.45, 2.75) is 39.1 Å². The zero-order chi connectivity index (χ0) is 45.2. The summed E-state index contributed by atoms with van der Waals surface area (Å²) in [5.74, 6) is -0.821. The second-order valence-electron chi connectivity index (χ2n) is 16.3. The molecule has 1 saturated heterocycles. The summed E-state index contributed by atoms with van der Waals surface area (Å²) in [5.41, 5.74) is 6.50. The molecular formula is C49H46ClF2N7O5S. The molecule has 1 N–H and O–H groups in total. The van der Waals surface area contributed by atoms with Crippen molar-refractivity contribution in [3.8, 4) is 50.3 Å². The van der Waals surface area contributed by atoms with E-state index in [1.54, 1.807) is 24.4 Å². The Morgan fingerprint density at radius 1 is 0.877 bits per heavy atom. The van der Waals surface area contributed by atoms with Gasteiger partial charge in [0.1, 0.15) is 40.9 Å². The van der Waals surface area contributed by atoms with Crippen LogP contribution in [-0.4, -0.2) is 105 Å². The number of piperazine rings is 1. The molecule has 1 atom stereocenters. The van der Waals surface area contributed by atoms with Gasteiger partial charge in [0.2, 0.25) is 12.0 Å². The number of carboxylic acids is 1. The third-order valence-corrected chi connectivity index (χ3v) is 13.6.